The lowest BCUT2D eigenvalue weighted by molar-refractivity contribution is -0.124. The van der Waals surface area contributed by atoms with Crippen molar-refractivity contribution in [2.45, 2.75) is 26.0 Å². The van der Waals surface area contributed by atoms with Gasteiger partial charge in [-0.3, -0.25) is 4.79 Å². The average molecular weight is 252 g/mol. The van der Waals surface area contributed by atoms with Crippen LogP contribution in [0.15, 0.2) is 18.2 Å². The molecule has 1 unspecified atom stereocenters. The third kappa shape index (κ3) is 2.79. The molecular weight excluding hydrogens is 235 g/mol. The van der Waals surface area contributed by atoms with E-state index in [1.54, 1.807) is 12.1 Å². The standard InChI is InChI=1S/C13H17FN2O2/c1-8(2)18-11-4-3-9(7-10(11)14)12-13(17)16-6-5-15-12/h3-4,7-8,12,15H,5-6H2,1-2H3,(H,16,17). The van der Waals surface area contributed by atoms with Crippen molar-refractivity contribution in [2.24, 2.45) is 0 Å². The van der Waals surface area contributed by atoms with E-state index in [2.05, 4.69) is 10.6 Å². The van der Waals surface area contributed by atoms with Crippen LogP contribution >= 0.6 is 0 Å². The third-order valence-corrected chi connectivity index (χ3v) is 2.69. The monoisotopic (exact) mass is 252 g/mol. The number of piperazine rings is 1. The van der Waals surface area contributed by atoms with Gasteiger partial charge in [-0.15, -0.1) is 0 Å². The molecule has 0 saturated carbocycles. The van der Waals surface area contributed by atoms with Crippen LogP contribution in [0.5, 0.6) is 5.75 Å². The molecule has 0 bridgehead atoms. The Bertz CT molecular complexity index is 449. The molecule has 1 aliphatic rings. The number of rotatable bonds is 3. The molecule has 1 saturated heterocycles. The summed E-state index contributed by atoms with van der Waals surface area (Å²) in [5.74, 6) is -0.357. The minimum atomic E-state index is -0.485. The van der Waals surface area contributed by atoms with E-state index in [1.165, 1.54) is 6.07 Å². The molecule has 1 aromatic carbocycles. The maximum absolute atomic E-state index is 13.8. The SMILES string of the molecule is CC(C)Oc1ccc(C2NCCNC2=O)cc1F. The second kappa shape index (κ2) is 5.35. The summed E-state index contributed by atoms with van der Waals surface area (Å²) in [6, 6.07) is 4.14. The van der Waals surface area contributed by atoms with Crippen LogP contribution in [0.2, 0.25) is 0 Å². The minimum Gasteiger partial charge on any atom is -0.488 e. The number of benzene rings is 1. The molecule has 5 heteroatoms. The summed E-state index contributed by atoms with van der Waals surface area (Å²) in [5, 5.41) is 5.79. The maximum Gasteiger partial charge on any atom is 0.241 e. The fraction of sp³-hybridized carbons (Fsp3) is 0.462. The Labute approximate surface area is 106 Å². The van der Waals surface area contributed by atoms with Gasteiger partial charge < -0.3 is 15.4 Å². The molecule has 18 heavy (non-hydrogen) atoms. The summed E-state index contributed by atoms with van der Waals surface area (Å²) in [5.41, 5.74) is 0.612. The van der Waals surface area contributed by atoms with Gasteiger partial charge in [0.25, 0.3) is 0 Å². The van der Waals surface area contributed by atoms with Crippen molar-refractivity contribution in [1.29, 1.82) is 0 Å². The topological polar surface area (TPSA) is 50.4 Å². The van der Waals surface area contributed by atoms with Crippen molar-refractivity contribution in [1.82, 2.24) is 10.6 Å². The van der Waals surface area contributed by atoms with Gasteiger partial charge >= 0.3 is 0 Å². The third-order valence-electron chi connectivity index (χ3n) is 2.69. The van der Waals surface area contributed by atoms with E-state index in [0.29, 0.717) is 18.7 Å². The quantitative estimate of drug-likeness (QED) is 0.854. The summed E-state index contributed by atoms with van der Waals surface area (Å²) in [6.07, 6.45) is -0.0820. The molecule has 1 fully saturated rings. The van der Waals surface area contributed by atoms with Gasteiger partial charge in [-0.1, -0.05) is 6.07 Å². The van der Waals surface area contributed by atoms with Gasteiger partial charge in [0.2, 0.25) is 5.91 Å². The van der Waals surface area contributed by atoms with Crippen molar-refractivity contribution < 1.29 is 13.9 Å². The van der Waals surface area contributed by atoms with Crippen LogP contribution in [0.4, 0.5) is 4.39 Å². The first kappa shape index (κ1) is 12.8. The van der Waals surface area contributed by atoms with E-state index >= 15 is 0 Å². The van der Waals surface area contributed by atoms with Gasteiger partial charge in [0, 0.05) is 13.1 Å². The number of nitrogens with one attached hydrogen (secondary N) is 2. The molecule has 4 nitrogen and oxygen atoms in total. The minimum absolute atomic E-state index is 0.0820. The molecule has 1 aromatic rings. The fourth-order valence-corrected chi connectivity index (χ4v) is 1.91. The summed E-state index contributed by atoms with van der Waals surface area (Å²) >= 11 is 0. The molecular formula is C13H17FN2O2. The van der Waals surface area contributed by atoms with Gasteiger partial charge in [-0.25, -0.2) is 4.39 Å². The first-order valence-electron chi connectivity index (χ1n) is 6.05. The van der Waals surface area contributed by atoms with E-state index in [9.17, 15) is 9.18 Å². The summed E-state index contributed by atoms with van der Waals surface area (Å²) in [4.78, 5) is 11.6. The Morgan fingerprint density at radius 1 is 1.39 bits per heavy atom. The molecule has 0 aliphatic carbocycles. The van der Waals surface area contributed by atoms with Crippen LogP contribution in [-0.2, 0) is 4.79 Å². The summed E-state index contributed by atoms with van der Waals surface area (Å²) in [6.45, 7) is 4.96. The predicted octanol–water partition coefficient (Wildman–Crippen LogP) is 1.37. The molecule has 98 valence electrons. The van der Waals surface area contributed by atoms with E-state index in [4.69, 9.17) is 4.74 Å². The first-order valence-corrected chi connectivity index (χ1v) is 6.05. The van der Waals surface area contributed by atoms with Crippen LogP contribution < -0.4 is 15.4 Å². The van der Waals surface area contributed by atoms with Crippen molar-refractivity contribution >= 4 is 5.91 Å². The number of ether oxygens (including phenoxy) is 1. The van der Waals surface area contributed by atoms with Crippen LogP contribution in [0, 0.1) is 5.82 Å². The first-order chi connectivity index (χ1) is 8.58. The van der Waals surface area contributed by atoms with Gasteiger partial charge in [-0.05, 0) is 31.5 Å². The van der Waals surface area contributed by atoms with Crippen molar-refractivity contribution in [3.63, 3.8) is 0 Å². The number of hydrogen-bond donors (Lipinski definition) is 2. The Balaban J connectivity index is 2.19. The second-order valence-corrected chi connectivity index (χ2v) is 4.53. The molecule has 1 aliphatic heterocycles. The maximum atomic E-state index is 13.8. The van der Waals surface area contributed by atoms with E-state index < -0.39 is 11.9 Å². The molecule has 0 spiro atoms. The molecule has 0 aromatic heterocycles. The van der Waals surface area contributed by atoms with Crippen LogP contribution in [0.25, 0.3) is 0 Å². The zero-order valence-corrected chi connectivity index (χ0v) is 10.5. The van der Waals surface area contributed by atoms with Crippen LogP contribution in [-0.4, -0.2) is 25.1 Å². The van der Waals surface area contributed by atoms with E-state index in [0.717, 1.165) is 0 Å². The Morgan fingerprint density at radius 2 is 2.17 bits per heavy atom. The number of carbonyl (C=O) groups excluding carboxylic acids is 1. The molecule has 1 atom stereocenters. The number of hydrogen-bond acceptors (Lipinski definition) is 3. The molecule has 1 heterocycles. The lowest BCUT2D eigenvalue weighted by Crippen LogP contribution is -2.47. The van der Waals surface area contributed by atoms with Gasteiger partial charge in [-0.2, -0.15) is 0 Å². The highest BCUT2D eigenvalue weighted by Gasteiger charge is 2.24. The largest absolute Gasteiger partial charge is 0.488 e. The van der Waals surface area contributed by atoms with E-state index in [-0.39, 0.29) is 17.8 Å². The summed E-state index contributed by atoms with van der Waals surface area (Å²) < 4.78 is 19.1. The van der Waals surface area contributed by atoms with Gasteiger partial charge in [0.1, 0.15) is 6.04 Å². The lowest BCUT2D eigenvalue weighted by Gasteiger charge is -2.24. The van der Waals surface area contributed by atoms with Crippen LogP contribution in [0.3, 0.4) is 0 Å². The highest BCUT2D eigenvalue weighted by Crippen LogP contribution is 2.23. The molecule has 2 rings (SSSR count). The Hall–Kier alpha value is -1.62. The molecule has 1 amide bonds. The number of amides is 1. The van der Waals surface area contributed by atoms with Gasteiger partial charge in [0.05, 0.1) is 6.10 Å². The second-order valence-electron chi connectivity index (χ2n) is 4.53. The van der Waals surface area contributed by atoms with Crippen molar-refractivity contribution in [3.8, 4) is 5.75 Å². The van der Waals surface area contributed by atoms with Crippen LogP contribution in [0.1, 0.15) is 25.5 Å². The predicted molar refractivity (Wildman–Crippen MR) is 65.9 cm³/mol. The Morgan fingerprint density at radius 3 is 2.78 bits per heavy atom. The number of halogens is 1. The highest BCUT2D eigenvalue weighted by molar-refractivity contribution is 5.83. The van der Waals surface area contributed by atoms with Crippen molar-refractivity contribution in [3.05, 3.63) is 29.6 Å². The fourth-order valence-electron chi connectivity index (χ4n) is 1.91. The Kier molecular flexibility index (Phi) is 3.81. The molecule has 0 radical (unpaired) electrons. The zero-order valence-electron chi connectivity index (χ0n) is 10.5. The lowest BCUT2D eigenvalue weighted by atomic mass is 10.0. The number of carbonyl (C=O) groups is 1. The average Bonchev–Trinajstić information content (AvgIpc) is 2.32. The van der Waals surface area contributed by atoms with Gasteiger partial charge in [0.15, 0.2) is 11.6 Å². The smallest absolute Gasteiger partial charge is 0.241 e. The molecule has 2 N–H and O–H groups in total. The summed E-state index contributed by atoms with van der Waals surface area (Å²) in [7, 11) is 0. The van der Waals surface area contributed by atoms with Crippen molar-refractivity contribution in [2.75, 3.05) is 13.1 Å². The van der Waals surface area contributed by atoms with E-state index in [1.807, 2.05) is 13.8 Å². The normalized spacial score (nSPS) is 19.8. The highest BCUT2D eigenvalue weighted by atomic mass is 19.1. The zero-order chi connectivity index (χ0) is 13.1.